The maximum Gasteiger partial charge on any atom is 0.263 e. The zero-order valence-electron chi connectivity index (χ0n) is 13.8. The Bertz CT molecular complexity index is 844. The molecule has 3 heterocycles. The molecule has 0 aromatic carbocycles. The van der Waals surface area contributed by atoms with Crippen molar-refractivity contribution in [2.24, 2.45) is 0 Å². The molecule has 1 aliphatic rings. The van der Waals surface area contributed by atoms with E-state index in [4.69, 9.17) is 0 Å². The maximum atomic E-state index is 12.4. The van der Waals surface area contributed by atoms with Crippen LogP contribution in [-0.4, -0.2) is 38.4 Å². The van der Waals surface area contributed by atoms with Crippen molar-refractivity contribution in [1.29, 1.82) is 0 Å². The van der Waals surface area contributed by atoms with Gasteiger partial charge in [0, 0.05) is 25.2 Å². The summed E-state index contributed by atoms with van der Waals surface area (Å²) in [6.45, 7) is 4.17. The van der Waals surface area contributed by atoms with E-state index in [0.717, 1.165) is 17.0 Å². The first kappa shape index (κ1) is 17.0. The summed E-state index contributed by atoms with van der Waals surface area (Å²) in [4.78, 5) is 38.9. The topological polar surface area (TPSA) is 108 Å². The number of hydrogen-bond donors (Lipinski definition) is 2. The molecule has 2 amide bonds. The molecule has 0 saturated heterocycles. The summed E-state index contributed by atoms with van der Waals surface area (Å²) in [6, 6.07) is 0. The number of aliphatic hydroxyl groups excluding tert-OH is 1. The van der Waals surface area contributed by atoms with E-state index in [1.807, 2.05) is 6.92 Å². The van der Waals surface area contributed by atoms with E-state index in [0.29, 0.717) is 34.4 Å². The lowest BCUT2D eigenvalue weighted by Gasteiger charge is -2.21. The van der Waals surface area contributed by atoms with Gasteiger partial charge in [0.2, 0.25) is 0 Å². The average molecular weight is 359 g/mol. The fourth-order valence-corrected chi connectivity index (χ4v) is 3.30. The first-order chi connectivity index (χ1) is 11.9. The lowest BCUT2D eigenvalue weighted by Crippen LogP contribution is -2.33. The van der Waals surface area contributed by atoms with Gasteiger partial charge in [-0.3, -0.25) is 24.5 Å². The van der Waals surface area contributed by atoms with Crippen LogP contribution in [-0.2, 0) is 11.3 Å². The molecule has 0 aliphatic carbocycles. The molecule has 0 fully saturated rings. The van der Waals surface area contributed by atoms with E-state index in [1.54, 1.807) is 19.3 Å². The quantitative estimate of drug-likeness (QED) is 0.859. The van der Waals surface area contributed by atoms with Crippen molar-refractivity contribution in [2.75, 3.05) is 11.4 Å². The van der Waals surface area contributed by atoms with Gasteiger partial charge >= 0.3 is 0 Å². The molecule has 2 aromatic heterocycles. The van der Waals surface area contributed by atoms with Crippen LogP contribution in [0.2, 0.25) is 0 Å². The van der Waals surface area contributed by atoms with E-state index in [-0.39, 0.29) is 24.1 Å². The Labute approximate surface area is 148 Å². The smallest absolute Gasteiger partial charge is 0.263 e. The number of carbonyl (C=O) groups excluding carboxylic acids is 2. The Morgan fingerprint density at radius 1 is 1.36 bits per heavy atom. The number of carbonyl (C=O) groups is 2. The number of aryl methyl sites for hydroxylation is 2. The van der Waals surface area contributed by atoms with Gasteiger partial charge in [0.15, 0.2) is 5.13 Å². The third-order valence-electron chi connectivity index (χ3n) is 3.63. The van der Waals surface area contributed by atoms with Crippen molar-refractivity contribution < 1.29 is 14.7 Å². The normalized spacial score (nSPS) is 14.4. The van der Waals surface area contributed by atoms with Crippen LogP contribution < -0.4 is 10.2 Å². The number of hydrogen-bond acceptors (Lipinski definition) is 7. The number of anilines is 1. The Balaban J connectivity index is 1.70. The highest BCUT2D eigenvalue weighted by atomic mass is 32.1. The largest absolute Gasteiger partial charge is 0.512 e. The monoisotopic (exact) mass is 359 g/mol. The molecular formula is C16H17N5O3S. The first-order valence-electron chi connectivity index (χ1n) is 7.68. The van der Waals surface area contributed by atoms with Crippen LogP contribution in [0.25, 0.3) is 0 Å². The van der Waals surface area contributed by atoms with Crippen LogP contribution in [0.1, 0.15) is 33.2 Å². The van der Waals surface area contributed by atoms with Gasteiger partial charge in [-0.25, -0.2) is 4.98 Å². The first-order valence-corrected chi connectivity index (χ1v) is 8.50. The molecule has 130 valence electrons. The van der Waals surface area contributed by atoms with E-state index >= 15 is 0 Å². The van der Waals surface area contributed by atoms with Gasteiger partial charge in [-0.1, -0.05) is 11.3 Å². The molecule has 0 radical (unpaired) electrons. The fraction of sp³-hybridized carbons (Fsp3) is 0.312. The van der Waals surface area contributed by atoms with E-state index in [1.165, 1.54) is 11.0 Å². The third kappa shape index (κ3) is 3.82. The molecule has 1 aliphatic heterocycles. The van der Waals surface area contributed by atoms with Gasteiger partial charge in [-0.2, -0.15) is 0 Å². The van der Waals surface area contributed by atoms with Crippen molar-refractivity contribution >= 4 is 28.3 Å². The number of thiazole rings is 1. The van der Waals surface area contributed by atoms with Gasteiger partial charge in [-0.15, -0.1) is 0 Å². The highest BCUT2D eigenvalue weighted by Crippen LogP contribution is 2.28. The zero-order valence-corrected chi connectivity index (χ0v) is 14.6. The second kappa shape index (κ2) is 6.98. The molecule has 2 aromatic rings. The number of aromatic nitrogens is 3. The minimum absolute atomic E-state index is 0.0618. The summed E-state index contributed by atoms with van der Waals surface area (Å²) in [5.74, 6) is -0.544. The van der Waals surface area contributed by atoms with Gasteiger partial charge in [-0.05, 0) is 13.8 Å². The van der Waals surface area contributed by atoms with Crippen molar-refractivity contribution in [2.45, 2.75) is 26.8 Å². The minimum atomic E-state index is -0.334. The van der Waals surface area contributed by atoms with Crippen molar-refractivity contribution in [3.8, 4) is 0 Å². The molecule has 0 bridgehead atoms. The Morgan fingerprint density at radius 3 is 2.84 bits per heavy atom. The molecule has 3 rings (SSSR count). The summed E-state index contributed by atoms with van der Waals surface area (Å²) in [6.07, 6.45) is 4.81. The highest BCUT2D eigenvalue weighted by molar-refractivity contribution is 7.17. The lowest BCUT2D eigenvalue weighted by atomic mass is 10.2. The summed E-state index contributed by atoms with van der Waals surface area (Å²) in [7, 11) is 0. The molecule has 25 heavy (non-hydrogen) atoms. The standard InChI is InChI=1S/C16H17N5O3S/c1-9-6-18-11(7-17-9)8-19-15(24)14-10(2)20-16(25-14)21-4-3-12(22)5-13(21)23/h5-7,22H,3-4,8H2,1-2H3,(H,19,24). The van der Waals surface area contributed by atoms with Crippen LogP contribution in [0, 0.1) is 13.8 Å². The summed E-state index contributed by atoms with van der Waals surface area (Å²) < 4.78 is 0. The van der Waals surface area contributed by atoms with Gasteiger partial charge in [0.05, 0.1) is 35.6 Å². The number of nitrogens with zero attached hydrogens (tertiary/aromatic N) is 4. The van der Waals surface area contributed by atoms with Crippen LogP contribution in [0.3, 0.4) is 0 Å². The van der Waals surface area contributed by atoms with Gasteiger partial charge in [0.25, 0.3) is 11.8 Å². The summed E-state index contributed by atoms with van der Waals surface area (Å²) >= 11 is 1.15. The maximum absolute atomic E-state index is 12.4. The predicted octanol–water partition coefficient (Wildman–Crippen LogP) is 1.66. The molecule has 0 saturated carbocycles. The van der Waals surface area contributed by atoms with Crippen LogP contribution in [0.5, 0.6) is 0 Å². The van der Waals surface area contributed by atoms with E-state index in [2.05, 4.69) is 20.3 Å². The molecule has 8 nitrogen and oxygen atoms in total. The lowest BCUT2D eigenvalue weighted by molar-refractivity contribution is -0.114. The molecule has 9 heteroatoms. The second-order valence-corrected chi connectivity index (χ2v) is 6.60. The Kier molecular flexibility index (Phi) is 4.75. The minimum Gasteiger partial charge on any atom is -0.512 e. The summed E-state index contributed by atoms with van der Waals surface area (Å²) in [5, 5.41) is 12.6. The van der Waals surface area contributed by atoms with Gasteiger partial charge in [0.1, 0.15) is 4.88 Å². The van der Waals surface area contributed by atoms with Crippen LogP contribution in [0.15, 0.2) is 24.2 Å². The van der Waals surface area contributed by atoms with E-state index < -0.39 is 0 Å². The van der Waals surface area contributed by atoms with Crippen molar-refractivity contribution in [3.05, 3.63) is 46.2 Å². The predicted molar refractivity (Wildman–Crippen MR) is 92.5 cm³/mol. The second-order valence-electron chi connectivity index (χ2n) is 5.62. The molecular weight excluding hydrogens is 342 g/mol. The van der Waals surface area contributed by atoms with E-state index in [9.17, 15) is 14.7 Å². The SMILES string of the molecule is Cc1cnc(CNC(=O)c2sc(N3CCC(O)=CC3=O)nc2C)cn1. The van der Waals surface area contributed by atoms with Crippen LogP contribution in [0.4, 0.5) is 5.13 Å². The third-order valence-corrected chi connectivity index (χ3v) is 4.81. The fourth-order valence-electron chi connectivity index (χ4n) is 2.29. The Morgan fingerprint density at radius 2 is 2.16 bits per heavy atom. The summed E-state index contributed by atoms with van der Waals surface area (Å²) in [5.41, 5.74) is 2.02. The number of aliphatic hydroxyl groups is 1. The Hall–Kier alpha value is -2.81. The molecule has 0 spiro atoms. The van der Waals surface area contributed by atoms with Crippen molar-refractivity contribution in [3.63, 3.8) is 0 Å². The number of rotatable bonds is 4. The molecule has 2 N–H and O–H groups in total. The number of amides is 2. The highest BCUT2D eigenvalue weighted by Gasteiger charge is 2.25. The van der Waals surface area contributed by atoms with Crippen LogP contribution >= 0.6 is 11.3 Å². The number of nitrogens with one attached hydrogen (secondary N) is 1. The van der Waals surface area contributed by atoms with Gasteiger partial charge < -0.3 is 10.4 Å². The molecule has 0 unspecified atom stereocenters. The zero-order chi connectivity index (χ0) is 18.0. The average Bonchev–Trinajstić information content (AvgIpc) is 2.95. The van der Waals surface area contributed by atoms with Crippen molar-refractivity contribution in [1.82, 2.24) is 20.3 Å². The molecule has 0 atom stereocenters.